The number of ether oxygens (including phenoxy) is 2. The number of amides is 2. The lowest BCUT2D eigenvalue weighted by Gasteiger charge is -2.41. The number of fused-ring (bicyclic) bond motifs is 1. The van der Waals surface area contributed by atoms with Crippen LogP contribution in [0.25, 0.3) is 11.1 Å². The monoisotopic (exact) mass is 501 g/mol. The standard InChI is InChI=1S/C25H31N3O6S/c1-17-16-27(25(30)34-21-10-12-33-13-11-21)24-15-20(8-9-23(24)28(17)18(2)29)19-6-5-7-22(14-19)35(31,32)26(3)4/h5-9,14-15,17,21H,10-13,16H2,1-4H3. The van der Waals surface area contributed by atoms with E-state index in [4.69, 9.17) is 9.47 Å². The summed E-state index contributed by atoms with van der Waals surface area (Å²) in [5, 5.41) is 0. The summed E-state index contributed by atoms with van der Waals surface area (Å²) in [6.45, 7) is 4.79. The molecule has 9 nitrogen and oxygen atoms in total. The molecule has 0 N–H and O–H groups in total. The van der Waals surface area contributed by atoms with Gasteiger partial charge in [0.2, 0.25) is 15.9 Å². The van der Waals surface area contributed by atoms with Gasteiger partial charge in [-0.05, 0) is 42.3 Å². The van der Waals surface area contributed by atoms with Crippen LogP contribution in [0.15, 0.2) is 47.4 Å². The molecule has 2 aromatic carbocycles. The van der Waals surface area contributed by atoms with Crippen molar-refractivity contribution in [3.05, 3.63) is 42.5 Å². The summed E-state index contributed by atoms with van der Waals surface area (Å²) in [6, 6.07) is 11.9. The minimum absolute atomic E-state index is 0.122. The van der Waals surface area contributed by atoms with Crippen LogP contribution in [0.5, 0.6) is 0 Å². The summed E-state index contributed by atoms with van der Waals surface area (Å²) in [5.74, 6) is -0.122. The second-order valence-electron chi connectivity index (χ2n) is 9.06. The van der Waals surface area contributed by atoms with E-state index >= 15 is 0 Å². The number of hydrogen-bond acceptors (Lipinski definition) is 6. The molecule has 1 saturated heterocycles. The number of nitrogens with zero attached hydrogens (tertiary/aromatic N) is 3. The van der Waals surface area contributed by atoms with Gasteiger partial charge in [-0.25, -0.2) is 17.5 Å². The first-order chi connectivity index (χ1) is 16.6. The Morgan fingerprint density at radius 2 is 1.71 bits per heavy atom. The smallest absolute Gasteiger partial charge is 0.414 e. The van der Waals surface area contributed by atoms with Gasteiger partial charge < -0.3 is 14.4 Å². The number of rotatable bonds is 4. The highest BCUT2D eigenvalue weighted by Crippen LogP contribution is 2.39. The summed E-state index contributed by atoms with van der Waals surface area (Å²) in [4.78, 5) is 29.1. The zero-order valence-electron chi connectivity index (χ0n) is 20.4. The van der Waals surface area contributed by atoms with Crippen LogP contribution in [0, 0.1) is 0 Å². The lowest BCUT2D eigenvalue weighted by molar-refractivity contribution is -0.117. The quantitative estimate of drug-likeness (QED) is 0.637. The van der Waals surface area contributed by atoms with Crippen molar-refractivity contribution in [2.45, 2.75) is 43.7 Å². The maximum absolute atomic E-state index is 13.2. The number of hydrogen-bond donors (Lipinski definition) is 0. The summed E-state index contributed by atoms with van der Waals surface area (Å²) in [5.41, 5.74) is 2.57. The zero-order chi connectivity index (χ0) is 25.3. The predicted octanol–water partition coefficient (Wildman–Crippen LogP) is 3.48. The summed E-state index contributed by atoms with van der Waals surface area (Å²) < 4.78 is 37.6. The van der Waals surface area contributed by atoms with E-state index in [0.29, 0.717) is 43.0 Å². The first-order valence-corrected chi connectivity index (χ1v) is 13.1. The van der Waals surface area contributed by atoms with Gasteiger partial charge in [0.05, 0.1) is 35.5 Å². The molecule has 1 atom stereocenters. The Labute approximate surface area is 206 Å². The van der Waals surface area contributed by atoms with Gasteiger partial charge in [0, 0.05) is 40.4 Å². The lowest BCUT2D eigenvalue weighted by atomic mass is 10.0. The Hall–Kier alpha value is -2.95. The fourth-order valence-electron chi connectivity index (χ4n) is 4.50. The normalized spacial score (nSPS) is 18.9. The van der Waals surface area contributed by atoms with Crippen LogP contribution in [0.2, 0.25) is 0 Å². The maximum Gasteiger partial charge on any atom is 0.414 e. The second kappa shape index (κ2) is 9.96. The molecule has 35 heavy (non-hydrogen) atoms. The number of benzene rings is 2. The van der Waals surface area contributed by atoms with Crippen molar-refractivity contribution in [3.8, 4) is 11.1 Å². The van der Waals surface area contributed by atoms with E-state index in [2.05, 4.69) is 0 Å². The zero-order valence-corrected chi connectivity index (χ0v) is 21.2. The highest BCUT2D eigenvalue weighted by Gasteiger charge is 2.35. The minimum Gasteiger partial charge on any atom is -0.446 e. The molecule has 2 aliphatic heterocycles. The third-order valence-corrected chi connectivity index (χ3v) is 8.17. The van der Waals surface area contributed by atoms with E-state index in [1.807, 2.05) is 25.1 Å². The lowest BCUT2D eigenvalue weighted by Crippen LogP contribution is -2.52. The molecule has 0 radical (unpaired) electrons. The van der Waals surface area contributed by atoms with Crippen LogP contribution in [0.4, 0.5) is 16.2 Å². The van der Waals surface area contributed by atoms with Gasteiger partial charge in [0.25, 0.3) is 0 Å². The van der Waals surface area contributed by atoms with Crippen LogP contribution in [-0.2, 0) is 24.3 Å². The van der Waals surface area contributed by atoms with Gasteiger partial charge in [0.1, 0.15) is 6.10 Å². The van der Waals surface area contributed by atoms with E-state index in [1.165, 1.54) is 25.3 Å². The predicted molar refractivity (Wildman–Crippen MR) is 133 cm³/mol. The molecule has 0 spiro atoms. The Balaban J connectivity index is 1.74. The van der Waals surface area contributed by atoms with Crippen molar-refractivity contribution >= 4 is 33.4 Å². The summed E-state index contributed by atoms with van der Waals surface area (Å²) in [7, 11) is -0.634. The van der Waals surface area contributed by atoms with Crippen molar-refractivity contribution in [3.63, 3.8) is 0 Å². The van der Waals surface area contributed by atoms with Gasteiger partial charge in [-0.3, -0.25) is 9.69 Å². The SMILES string of the molecule is CC(=O)N1c2ccc(-c3cccc(S(=O)(=O)N(C)C)c3)cc2N(C(=O)OC2CCOCC2)CC1C. The third-order valence-electron chi connectivity index (χ3n) is 6.35. The highest BCUT2D eigenvalue weighted by atomic mass is 32.2. The highest BCUT2D eigenvalue weighted by molar-refractivity contribution is 7.89. The molecule has 0 saturated carbocycles. The van der Waals surface area contributed by atoms with Crippen molar-refractivity contribution in [2.24, 2.45) is 0 Å². The maximum atomic E-state index is 13.2. The van der Waals surface area contributed by atoms with Gasteiger partial charge in [0.15, 0.2) is 0 Å². The number of carbonyl (C=O) groups excluding carboxylic acids is 2. The molecule has 2 amide bonds. The van der Waals surface area contributed by atoms with Crippen LogP contribution >= 0.6 is 0 Å². The van der Waals surface area contributed by atoms with E-state index < -0.39 is 16.1 Å². The van der Waals surface area contributed by atoms with Crippen LogP contribution in [-0.4, -0.2) is 70.7 Å². The molecular formula is C25H31N3O6S. The van der Waals surface area contributed by atoms with Gasteiger partial charge >= 0.3 is 6.09 Å². The molecule has 1 unspecified atom stereocenters. The van der Waals surface area contributed by atoms with Crippen molar-refractivity contribution in [1.29, 1.82) is 0 Å². The molecule has 10 heteroatoms. The second-order valence-corrected chi connectivity index (χ2v) is 11.2. The van der Waals surface area contributed by atoms with E-state index in [9.17, 15) is 18.0 Å². The van der Waals surface area contributed by atoms with E-state index in [0.717, 1.165) is 5.56 Å². The van der Waals surface area contributed by atoms with Crippen LogP contribution in [0.3, 0.4) is 0 Å². The number of anilines is 2. The molecule has 0 aliphatic carbocycles. The molecule has 0 bridgehead atoms. The Kier molecular flexibility index (Phi) is 7.16. The average Bonchev–Trinajstić information content (AvgIpc) is 2.83. The minimum atomic E-state index is -3.61. The molecule has 188 valence electrons. The van der Waals surface area contributed by atoms with Gasteiger partial charge in [-0.2, -0.15) is 0 Å². The first kappa shape index (κ1) is 25.2. The largest absolute Gasteiger partial charge is 0.446 e. The third kappa shape index (κ3) is 5.05. The van der Waals surface area contributed by atoms with Crippen LogP contribution < -0.4 is 9.80 Å². The number of carbonyl (C=O) groups is 2. The van der Waals surface area contributed by atoms with Crippen molar-refractivity contribution in [1.82, 2.24) is 4.31 Å². The topological polar surface area (TPSA) is 96.5 Å². The summed E-state index contributed by atoms with van der Waals surface area (Å²) >= 11 is 0. The summed E-state index contributed by atoms with van der Waals surface area (Å²) in [6.07, 6.45) is 0.620. The molecule has 4 rings (SSSR count). The fraction of sp³-hybridized carbons (Fsp3) is 0.440. The van der Waals surface area contributed by atoms with Crippen molar-refractivity contribution < 1.29 is 27.5 Å². The number of sulfonamides is 1. The fourth-order valence-corrected chi connectivity index (χ4v) is 5.45. The average molecular weight is 502 g/mol. The molecular weight excluding hydrogens is 470 g/mol. The molecule has 2 aromatic rings. The van der Waals surface area contributed by atoms with E-state index in [1.54, 1.807) is 34.1 Å². The van der Waals surface area contributed by atoms with Crippen LogP contribution in [0.1, 0.15) is 26.7 Å². The van der Waals surface area contributed by atoms with Gasteiger partial charge in [-0.1, -0.05) is 18.2 Å². The molecule has 2 heterocycles. The molecule has 0 aromatic heterocycles. The Bertz CT molecular complexity index is 1220. The van der Waals surface area contributed by atoms with Crippen molar-refractivity contribution in [2.75, 3.05) is 43.7 Å². The Morgan fingerprint density at radius 1 is 1.03 bits per heavy atom. The van der Waals surface area contributed by atoms with Gasteiger partial charge in [-0.15, -0.1) is 0 Å². The first-order valence-electron chi connectivity index (χ1n) is 11.6. The molecule has 2 aliphatic rings. The Morgan fingerprint density at radius 3 is 2.37 bits per heavy atom. The molecule has 1 fully saturated rings. The van der Waals surface area contributed by atoms with E-state index in [-0.39, 0.29) is 29.5 Å².